The highest BCUT2D eigenvalue weighted by molar-refractivity contribution is 6.06. The number of carbonyl (C=O) groups is 1. The largest absolute Gasteiger partial charge is 0.395 e. The number of likely N-dealkylation sites (tertiary alicyclic amines) is 1. The molecule has 1 atom stereocenters. The SMILES string of the molecule is CN(CCO)C(=O)c1cc([C@@H]2CCN(Cc3cn[nH]c3C(C)(C)C)C2)nc2ccccc12. The zero-order valence-electron chi connectivity index (χ0n) is 19.4. The lowest BCUT2D eigenvalue weighted by molar-refractivity contribution is 0.0768. The molecule has 1 aromatic carbocycles. The molecule has 2 aromatic heterocycles. The molecule has 1 saturated heterocycles. The summed E-state index contributed by atoms with van der Waals surface area (Å²) in [5.74, 6) is 0.196. The predicted molar refractivity (Wildman–Crippen MR) is 126 cm³/mol. The summed E-state index contributed by atoms with van der Waals surface area (Å²) in [6.07, 6.45) is 2.95. The third-order valence-corrected chi connectivity index (χ3v) is 6.30. The number of aromatic nitrogens is 3. The third-order valence-electron chi connectivity index (χ3n) is 6.30. The number of amides is 1. The Morgan fingerprint density at radius 2 is 2.09 bits per heavy atom. The first-order valence-corrected chi connectivity index (χ1v) is 11.3. The standard InChI is InChI=1S/C25H33N5O2/c1-25(2,3)23-18(14-26-28-23)16-30-10-9-17(15-30)22-13-20(24(32)29(4)11-12-31)19-7-5-6-8-21(19)27-22/h5-8,13-14,17,31H,9-12,15-16H2,1-4H3,(H,26,28)/t17-/m1/s1. The maximum absolute atomic E-state index is 13.1. The fraction of sp³-hybridized carbons (Fsp3) is 0.480. The molecular formula is C25H33N5O2. The van der Waals surface area contributed by atoms with Crippen molar-refractivity contribution in [3.05, 3.63) is 59.0 Å². The van der Waals surface area contributed by atoms with Crippen LogP contribution in [0.4, 0.5) is 0 Å². The van der Waals surface area contributed by atoms with E-state index >= 15 is 0 Å². The Morgan fingerprint density at radius 1 is 1.31 bits per heavy atom. The number of nitrogens with zero attached hydrogens (tertiary/aromatic N) is 4. The highest BCUT2D eigenvalue weighted by Gasteiger charge is 2.29. The van der Waals surface area contributed by atoms with E-state index in [-0.39, 0.29) is 23.8 Å². The summed E-state index contributed by atoms with van der Waals surface area (Å²) in [5.41, 5.74) is 4.92. The van der Waals surface area contributed by atoms with E-state index in [4.69, 9.17) is 4.98 Å². The van der Waals surface area contributed by atoms with Gasteiger partial charge in [-0.15, -0.1) is 0 Å². The second-order valence-electron chi connectivity index (χ2n) is 9.80. The minimum atomic E-state index is -0.0815. The van der Waals surface area contributed by atoms with E-state index < -0.39 is 0 Å². The Hall–Kier alpha value is -2.77. The lowest BCUT2D eigenvalue weighted by Gasteiger charge is -2.22. The first-order chi connectivity index (χ1) is 15.3. The van der Waals surface area contributed by atoms with E-state index in [0.29, 0.717) is 12.1 Å². The Bertz CT molecular complexity index is 1100. The van der Waals surface area contributed by atoms with Gasteiger partial charge >= 0.3 is 0 Å². The second-order valence-corrected chi connectivity index (χ2v) is 9.80. The Kier molecular flexibility index (Phi) is 6.31. The topological polar surface area (TPSA) is 85.4 Å². The smallest absolute Gasteiger partial charge is 0.254 e. The molecule has 7 heteroatoms. The molecule has 1 amide bonds. The highest BCUT2D eigenvalue weighted by atomic mass is 16.3. The molecule has 32 heavy (non-hydrogen) atoms. The molecule has 0 spiro atoms. The molecule has 7 nitrogen and oxygen atoms in total. The second kappa shape index (κ2) is 9.00. The number of nitrogens with one attached hydrogen (secondary N) is 1. The van der Waals surface area contributed by atoms with Gasteiger partial charge in [-0.2, -0.15) is 5.10 Å². The number of aliphatic hydroxyl groups is 1. The maximum Gasteiger partial charge on any atom is 0.254 e. The van der Waals surface area contributed by atoms with Crippen LogP contribution in [0.25, 0.3) is 10.9 Å². The number of carbonyl (C=O) groups excluding carboxylic acids is 1. The fourth-order valence-corrected chi connectivity index (χ4v) is 4.58. The molecule has 0 aliphatic carbocycles. The van der Waals surface area contributed by atoms with E-state index in [2.05, 4.69) is 35.9 Å². The summed E-state index contributed by atoms with van der Waals surface area (Å²) in [5, 5.41) is 17.6. The summed E-state index contributed by atoms with van der Waals surface area (Å²) < 4.78 is 0. The molecule has 1 fully saturated rings. The zero-order chi connectivity index (χ0) is 22.9. The average molecular weight is 436 g/mol. The molecule has 0 radical (unpaired) electrons. The molecular weight excluding hydrogens is 402 g/mol. The number of hydrogen-bond donors (Lipinski definition) is 2. The van der Waals surface area contributed by atoms with E-state index in [9.17, 15) is 9.90 Å². The lowest BCUT2D eigenvalue weighted by Crippen LogP contribution is -2.30. The van der Waals surface area contributed by atoms with E-state index in [1.807, 2.05) is 36.5 Å². The van der Waals surface area contributed by atoms with Crippen molar-refractivity contribution in [1.29, 1.82) is 0 Å². The maximum atomic E-state index is 13.1. The van der Waals surface area contributed by atoms with Gasteiger partial charge < -0.3 is 10.0 Å². The number of hydrogen-bond acceptors (Lipinski definition) is 5. The number of pyridine rings is 1. The molecule has 0 unspecified atom stereocenters. The zero-order valence-corrected chi connectivity index (χ0v) is 19.4. The number of likely N-dealkylation sites (N-methyl/N-ethyl adjacent to an activating group) is 1. The lowest BCUT2D eigenvalue weighted by atomic mass is 9.89. The number of fused-ring (bicyclic) bond motifs is 1. The van der Waals surface area contributed by atoms with Crippen molar-refractivity contribution in [3.8, 4) is 0 Å². The third kappa shape index (κ3) is 4.54. The Labute approximate surface area is 189 Å². The number of aliphatic hydroxyl groups excluding tert-OH is 1. The van der Waals surface area contributed by atoms with Gasteiger partial charge in [0.2, 0.25) is 0 Å². The Balaban J connectivity index is 1.58. The van der Waals surface area contributed by atoms with E-state index in [1.54, 1.807) is 11.9 Å². The number of rotatable bonds is 6. The van der Waals surface area contributed by atoms with Crippen molar-refractivity contribution < 1.29 is 9.90 Å². The van der Waals surface area contributed by atoms with Crippen LogP contribution in [0.3, 0.4) is 0 Å². The highest BCUT2D eigenvalue weighted by Crippen LogP contribution is 2.32. The van der Waals surface area contributed by atoms with Crippen molar-refractivity contribution in [2.75, 3.05) is 33.3 Å². The van der Waals surface area contributed by atoms with Gasteiger partial charge in [0.05, 0.1) is 23.9 Å². The van der Waals surface area contributed by atoms with E-state index in [0.717, 1.165) is 42.7 Å². The monoisotopic (exact) mass is 435 g/mol. The molecule has 0 saturated carbocycles. The van der Waals surface area contributed by atoms with Crippen molar-refractivity contribution >= 4 is 16.8 Å². The molecule has 3 aromatic rings. The molecule has 4 rings (SSSR count). The van der Waals surface area contributed by atoms with Crippen LogP contribution in [0.1, 0.15) is 60.4 Å². The van der Waals surface area contributed by atoms with Crippen LogP contribution in [0.15, 0.2) is 36.5 Å². The van der Waals surface area contributed by atoms with Gasteiger partial charge in [-0.1, -0.05) is 39.0 Å². The molecule has 3 heterocycles. The minimum Gasteiger partial charge on any atom is -0.395 e. The quantitative estimate of drug-likeness (QED) is 0.621. The average Bonchev–Trinajstić information content (AvgIpc) is 3.42. The van der Waals surface area contributed by atoms with Crippen LogP contribution in [0, 0.1) is 0 Å². The van der Waals surface area contributed by atoms with Crippen LogP contribution in [-0.2, 0) is 12.0 Å². The van der Waals surface area contributed by atoms with Crippen molar-refractivity contribution in [2.45, 2.75) is 45.1 Å². The number of benzene rings is 1. The molecule has 1 aliphatic rings. The number of aromatic amines is 1. The minimum absolute atomic E-state index is 0.0285. The van der Waals surface area contributed by atoms with Crippen molar-refractivity contribution in [1.82, 2.24) is 25.0 Å². The number of H-pyrrole nitrogens is 1. The molecule has 1 aliphatic heterocycles. The molecule has 0 bridgehead atoms. The van der Waals surface area contributed by atoms with Crippen LogP contribution in [0.2, 0.25) is 0 Å². The van der Waals surface area contributed by atoms with Gasteiger partial charge in [-0.3, -0.25) is 19.8 Å². The fourth-order valence-electron chi connectivity index (χ4n) is 4.58. The van der Waals surface area contributed by atoms with Gasteiger partial charge in [0.15, 0.2) is 0 Å². The van der Waals surface area contributed by atoms with Gasteiger partial charge in [-0.25, -0.2) is 0 Å². The van der Waals surface area contributed by atoms with Crippen LogP contribution >= 0.6 is 0 Å². The van der Waals surface area contributed by atoms with E-state index in [1.165, 1.54) is 11.3 Å². The Morgan fingerprint density at radius 3 is 2.84 bits per heavy atom. The summed E-state index contributed by atoms with van der Waals surface area (Å²) in [6, 6.07) is 9.76. The number of para-hydroxylation sites is 1. The van der Waals surface area contributed by atoms with Crippen molar-refractivity contribution in [2.24, 2.45) is 0 Å². The van der Waals surface area contributed by atoms with Crippen LogP contribution in [0.5, 0.6) is 0 Å². The molecule has 2 N–H and O–H groups in total. The van der Waals surface area contributed by atoms with Gasteiger partial charge in [0, 0.05) is 60.4 Å². The summed E-state index contributed by atoms with van der Waals surface area (Å²) in [4.78, 5) is 22.0. The first kappa shape index (κ1) is 22.4. The predicted octanol–water partition coefficient (Wildman–Crippen LogP) is 3.31. The van der Waals surface area contributed by atoms with Crippen LogP contribution in [-0.4, -0.2) is 69.3 Å². The summed E-state index contributed by atoms with van der Waals surface area (Å²) >= 11 is 0. The van der Waals surface area contributed by atoms with Crippen LogP contribution < -0.4 is 0 Å². The summed E-state index contributed by atoms with van der Waals surface area (Å²) in [7, 11) is 1.72. The summed E-state index contributed by atoms with van der Waals surface area (Å²) in [6.45, 7) is 9.59. The van der Waals surface area contributed by atoms with Gasteiger partial charge in [0.1, 0.15) is 0 Å². The normalized spacial score (nSPS) is 17.2. The van der Waals surface area contributed by atoms with Crippen molar-refractivity contribution in [3.63, 3.8) is 0 Å². The molecule has 170 valence electrons. The van der Waals surface area contributed by atoms with Gasteiger partial charge in [0.25, 0.3) is 5.91 Å². The van der Waals surface area contributed by atoms with Gasteiger partial charge in [-0.05, 0) is 25.1 Å². The first-order valence-electron chi connectivity index (χ1n) is 11.3.